The second-order valence-corrected chi connectivity index (χ2v) is 9.05. The van der Waals surface area contributed by atoms with Crippen molar-refractivity contribution >= 4 is 35.9 Å². The third-order valence-electron chi connectivity index (χ3n) is 4.79. The number of alkyl carbamates (subject to hydrolysis) is 1. The number of rotatable bonds is 8. The second-order valence-electron chi connectivity index (χ2n) is 9.05. The number of aliphatic carboxylic acids is 1. The van der Waals surface area contributed by atoms with Gasteiger partial charge >= 0.3 is 24.2 Å². The van der Waals surface area contributed by atoms with E-state index in [1.165, 1.54) is 19.9 Å². The Balaban J connectivity index is 2.49. The van der Waals surface area contributed by atoms with Crippen LogP contribution in [0.1, 0.15) is 34.6 Å². The number of amides is 2. The van der Waals surface area contributed by atoms with Crippen molar-refractivity contribution in [1.82, 2.24) is 10.6 Å². The van der Waals surface area contributed by atoms with Crippen molar-refractivity contribution in [1.29, 1.82) is 0 Å². The number of aliphatic imine (C=N–C) groups is 1. The molecular formula is C22H31N3O12. The molecule has 1 fully saturated rings. The summed E-state index contributed by atoms with van der Waals surface area (Å²) in [5.74, 6) is -3.03. The summed E-state index contributed by atoms with van der Waals surface area (Å²) >= 11 is 0. The lowest BCUT2D eigenvalue weighted by Crippen LogP contribution is -2.60. The summed E-state index contributed by atoms with van der Waals surface area (Å²) in [6.07, 6.45) is -4.33. The molecule has 0 radical (unpaired) electrons. The maximum atomic E-state index is 12.4. The van der Waals surface area contributed by atoms with Crippen molar-refractivity contribution in [2.24, 2.45) is 4.99 Å². The van der Waals surface area contributed by atoms with Gasteiger partial charge in [-0.15, -0.1) is 0 Å². The molecule has 2 heterocycles. The lowest BCUT2D eigenvalue weighted by molar-refractivity contribution is -0.161. The largest absolute Gasteiger partial charge is 0.508 e. The molecule has 37 heavy (non-hydrogen) atoms. The van der Waals surface area contributed by atoms with E-state index < -0.39 is 72.7 Å². The fourth-order valence-corrected chi connectivity index (χ4v) is 3.51. The van der Waals surface area contributed by atoms with Gasteiger partial charge < -0.3 is 38.8 Å². The van der Waals surface area contributed by atoms with Crippen LogP contribution in [0, 0.1) is 0 Å². The maximum Gasteiger partial charge on any atom is 0.508 e. The van der Waals surface area contributed by atoms with Gasteiger partial charge in [-0.05, 0) is 33.8 Å². The van der Waals surface area contributed by atoms with Crippen LogP contribution in [0.15, 0.2) is 16.8 Å². The number of carbonyl (C=O) groups is 5. The molecule has 2 aliphatic heterocycles. The molecule has 0 saturated carbocycles. The smallest absolute Gasteiger partial charge is 0.480 e. The fourth-order valence-electron chi connectivity index (χ4n) is 3.51. The third-order valence-corrected chi connectivity index (χ3v) is 4.79. The molecule has 0 aromatic rings. The van der Waals surface area contributed by atoms with Gasteiger partial charge in [-0.2, -0.15) is 0 Å². The third kappa shape index (κ3) is 8.93. The summed E-state index contributed by atoms with van der Waals surface area (Å²) in [5.41, 5.74) is -0.777. The summed E-state index contributed by atoms with van der Waals surface area (Å²) in [4.78, 5) is 63.9. The molecule has 1 saturated heterocycles. The van der Waals surface area contributed by atoms with Gasteiger partial charge in [0.1, 0.15) is 30.8 Å². The molecule has 2 rings (SSSR count). The van der Waals surface area contributed by atoms with Crippen molar-refractivity contribution in [3.05, 3.63) is 11.8 Å². The zero-order chi connectivity index (χ0) is 27.9. The number of hydrogen-bond acceptors (Lipinski definition) is 12. The van der Waals surface area contributed by atoms with E-state index in [2.05, 4.69) is 15.6 Å². The first-order valence-electron chi connectivity index (χ1n) is 11.1. The molecule has 206 valence electrons. The first-order chi connectivity index (χ1) is 17.2. The average molecular weight is 529 g/mol. The zero-order valence-electron chi connectivity index (χ0n) is 21.3. The van der Waals surface area contributed by atoms with Gasteiger partial charge in [-0.1, -0.05) is 0 Å². The number of amidine groups is 1. The number of carboxylic acids is 1. The monoisotopic (exact) mass is 529 g/mol. The highest BCUT2D eigenvalue weighted by Gasteiger charge is 2.48. The number of carboxylic acid groups (broad SMARTS) is 1. The van der Waals surface area contributed by atoms with Gasteiger partial charge in [0.2, 0.25) is 11.7 Å². The van der Waals surface area contributed by atoms with E-state index in [0.29, 0.717) is 0 Å². The highest BCUT2D eigenvalue weighted by atomic mass is 16.8. The van der Waals surface area contributed by atoms with Gasteiger partial charge in [0, 0.05) is 6.92 Å². The Labute approximate surface area is 212 Å². The van der Waals surface area contributed by atoms with E-state index >= 15 is 0 Å². The van der Waals surface area contributed by atoms with Crippen LogP contribution in [0.2, 0.25) is 0 Å². The minimum absolute atomic E-state index is 0.0642. The topological polar surface area (TPSA) is 197 Å². The van der Waals surface area contributed by atoms with Crippen LogP contribution in [0.4, 0.5) is 9.59 Å². The van der Waals surface area contributed by atoms with Crippen LogP contribution in [0.25, 0.3) is 0 Å². The molecule has 2 aliphatic rings. The molecule has 15 heteroatoms. The van der Waals surface area contributed by atoms with Crippen LogP contribution in [-0.4, -0.2) is 97.4 Å². The number of carbonyl (C=O) groups excluding carboxylic acids is 4. The Bertz CT molecular complexity index is 970. The molecule has 5 atom stereocenters. The number of hydrogen-bond donors (Lipinski definition) is 3. The summed E-state index contributed by atoms with van der Waals surface area (Å²) in [5, 5.41) is 14.2. The number of nitrogens with one attached hydrogen (secondary N) is 2. The van der Waals surface area contributed by atoms with Crippen LogP contribution < -0.4 is 10.6 Å². The highest BCUT2D eigenvalue weighted by Crippen LogP contribution is 2.29. The minimum atomic E-state index is -1.34. The number of methoxy groups -OCH3 is 1. The van der Waals surface area contributed by atoms with Crippen molar-refractivity contribution in [2.75, 3.05) is 20.3 Å². The summed E-state index contributed by atoms with van der Waals surface area (Å²) in [6, 6.07) is -2.14. The van der Waals surface area contributed by atoms with E-state index in [1.54, 1.807) is 20.8 Å². The van der Waals surface area contributed by atoms with Crippen molar-refractivity contribution < 1.29 is 57.5 Å². The fraction of sp³-hybridized carbons (Fsp3) is 0.636. The normalized spacial score (nSPS) is 24.4. The SMILES string of the molecule is COC(=O)C1=C[C@H](N=C(C)NC(=O)OC(C)(C)C)[C@@H](NC(C)=O)[C@H]([C@H](OCC(=O)O)[C@H]2COC(=O)O2)O1. The van der Waals surface area contributed by atoms with E-state index in [9.17, 15) is 24.0 Å². The predicted octanol–water partition coefficient (Wildman–Crippen LogP) is 0.264. The van der Waals surface area contributed by atoms with Crippen LogP contribution in [-0.2, 0) is 42.8 Å². The quantitative estimate of drug-likeness (QED) is 0.168. The molecule has 15 nitrogen and oxygen atoms in total. The molecular weight excluding hydrogens is 498 g/mol. The number of esters is 1. The molecule has 2 amide bonds. The van der Waals surface area contributed by atoms with Crippen LogP contribution in [0.3, 0.4) is 0 Å². The Kier molecular flexibility index (Phi) is 9.82. The zero-order valence-corrected chi connectivity index (χ0v) is 21.3. The summed E-state index contributed by atoms with van der Waals surface area (Å²) in [6.45, 7) is 6.58. The Hall–Kier alpha value is -3.88. The first-order valence-corrected chi connectivity index (χ1v) is 11.1. The minimum Gasteiger partial charge on any atom is -0.480 e. The van der Waals surface area contributed by atoms with Crippen molar-refractivity contribution in [3.63, 3.8) is 0 Å². The highest BCUT2D eigenvalue weighted by molar-refractivity contribution is 5.94. The number of ether oxygens (including phenoxy) is 6. The van der Waals surface area contributed by atoms with Gasteiger partial charge in [-0.3, -0.25) is 15.1 Å². The molecule has 0 bridgehead atoms. The standard InChI is InChI=1S/C22H31N3O12/c1-10(24-20(30)37-22(3,4)5)23-12-7-13(19(29)32-6)35-18(16(12)25-11(2)26)17(33-9-15(27)28)14-8-34-21(31)36-14/h7,12,14,16-18H,8-9H2,1-6H3,(H,25,26)(H,27,28)(H,23,24,30)/t12-,14+,16+,17+,18+/m0/s1. The molecule has 0 aromatic heterocycles. The van der Waals surface area contributed by atoms with Crippen molar-refractivity contribution in [3.8, 4) is 0 Å². The number of nitrogens with zero attached hydrogens (tertiary/aromatic N) is 1. The molecule has 0 aromatic carbocycles. The lowest BCUT2D eigenvalue weighted by atomic mass is 9.92. The van der Waals surface area contributed by atoms with Crippen LogP contribution in [0.5, 0.6) is 0 Å². The molecule has 3 N–H and O–H groups in total. The number of cyclic esters (lactones) is 2. The average Bonchev–Trinajstić information content (AvgIpc) is 3.18. The van der Waals surface area contributed by atoms with E-state index in [0.717, 1.165) is 7.11 Å². The molecule has 0 spiro atoms. The second kappa shape index (κ2) is 12.4. The van der Waals surface area contributed by atoms with E-state index in [-0.39, 0.29) is 18.2 Å². The Morgan fingerprint density at radius 1 is 1.22 bits per heavy atom. The lowest BCUT2D eigenvalue weighted by Gasteiger charge is -2.40. The summed E-state index contributed by atoms with van der Waals surface area (Å²) in [7, 11) is 1.11. The van der Waals surface area contributed by atoms with E-state index in [1.807, 2.05) is 0 Å². The van der Waals surface area contributed by atoms with Gasteiger partial charge in [0.15, 0.2) is 12.2 Å². The molecule has 0 unspecified atom stereocenters. The van der Waals surface area contributed by atoms with Gasteiger partial charge in [-0.25, -0.2) is 19.2 Å². The first kappa shape index (κ1) is 29.4. The van der Waals surface area contributed by atoms with Crippen LogP contribution >= 0.6 is 0 Å². The Morgan fingerprint density at radius 2 is 1.89 bits per heavy atom. The predicted molar refractivity (Wildman–Crippen MR) is 122 cm³/mol. The maximum absolute atomic E-state index is 12.4. The van der Waals surface area contributed by atoms with Gasteiger partial charge in [0.25, 0.3) is 0 Å². The molecule has 0 aliphatic carbocycles. The Morgan fingerprint density at radius 3 is 2.41 bits per heavy atom. The summed E-state index contributed by atoms with van der Waals surface area (Å²) < 4.78 is 31.1. The van der Waals surface area contributed by atoms with Gasteiger partial charge in [0.05, 0.1) is 19.2 Å². The van der Waals surface area contributed by atoms with E-state index in [4.69, 9.17) is 33.5 Å². The van der Waals surface area contributed by atoms with Crippen molar-refractivity contribution in [2.45, 2.75) is 70.6 Å².